The summed E-state index contributed by atoms with van der Waals surface area (Å²) < 4.78 is 0. The van der Waals surface area contributed by atoms with Crippen molar-refractivity contribution in [1.82, 2.24) is 5.32 Å². The lowest BCUT2D eigenvalue weighted by Crippen LogP contribution is -2.64. The summed E-state index contributed by atoms with van der Waals surface area (Å²) in [6, 6.07) is 8.65. The molecule has 2 rings (SSSR count). The van der Waals surface area contributed by atoms with Gasteiger partial charge in [0.05, 0.1) is 0 Å². The van der Waals surface area contributed by atoms with E-state index < -0.39 is 0 Å². The molecule has 0 heterocycles. The van der Waals surface area contributed by atoms with Crippen LogP contribution in [0.4, 0.5) is 0 Å². The fourth-order valence-electron chi connectivity index (χ4n) is 2.61. The fourth-order valence-corrected chi connectivity index (χ4v) is 2.61. The molecule has 0 aliphatic heterocycles. The first-order valence-corrected chi connectivity index (χ1v) is 7.00. The van der Waals surface area contributed by atoms with Gasteiger partial charge < -0.3 is 11.1 Å². The predicted octanol–water partition coefficient (Wildman–Crippen LogP) is 2.17. The molecule has 1 aliphatic rings. The summed E-state index contributed by atoms with van der Waals surface area (Å²) in [6.45, 7) is 6.32. The monoisotopic (exact) mass is 260 g/mol. The summed E-state index contributed by atoms with van der Waals surface area (Å²) in [4.78, 5) is 12.0. The Morgan fingerprint density at radius 2 is 2.11 bits per heavy atom. The number of carbonyl (C=O) groups is 1. The predicted molar refractivity (Wildman–Crippen MR) is 77.8 cm³/mol. The van der Waals surface area contributed by atoms with Crippen molar-refractivity contribution in [2.24, 2.45) is 11.1 Å². The first kappa shape index (κ1) is 14.1. The minimum atomic E-state index is 0.0261. The van der Waals surface area contributed by atoms with E-state index in [4.69, 9.17) is 5.73 Å². The van der Waals surface area contributed by atoms with Gasteiger partial charge in [-0.2, -0.15) is 0 Å². The average molecular weight is 260 g/mol. The van der Waals surface area contributed by atoms with Gasteiger partial charge in [-0.05, 0) is 30.9 Å². The fraction of sp³-hybridized carbons (Fsp3) is 0.562. The number of nitrogens with one attached hydrogen (secondary N) is 1. The van der Waals surface area contributed by atoms with Gasteiger partial charge in [0.1, 0.15) is 0 Å². The molecular formula is C16H24N2O. The van der Waals surface area contributed by atoms with Crippen LogP contribution in [0.15, 0.2) is 24.3 Å². The van der Waals surface area contributed by atoms with E-state index in [-0.39, 0.29) is 23.4 Å². The molecule has 1 fully saturated rings. The highest BCUT2D eigenvalue weighted by atomic mass is 16.1. The lowest BCUT2D eigenvalue weighted by Gasteiger charge is -2.50. The lowest BCUT2D eigenvalue weighted by molar-refractivity contribution is -0.124. The minimum Gasteiger partial charge on any atom is -0.353 e. The highest BCUT2D eigenvalue weighted by Gasteiger charge is 2.46. The number of hydrogen-bond acceptors (Lipinski definition) is 2. The Morgan fingerprint density at radius 1 is 1.42 bits per heavy atom. The van der Waals surface area contributed by atoms with Crippen LogP contribution in [0.25, 0.3) is 0 Å². The van der Waals surface area contributed by atoms with Crippen LogP contribution in [0.2, 0.25) is 0 Å². The van der Waals surface area contributed by atoms with E-state index in [9.17, 15) is 4.79 Å². The normalized spacial score (nSPS) is 24.6. The zero-order chi connectivity index (χ0) is 14.0. The number of nitrogens with two attached hydrogens (primary N) is 1. The summed E-state index contributed by atoms with van der Waals surface area (Å²) >= 11 is 0. The second kappa shape index (κ2) is 5.33. The van der Waals surface area contributed by atoms with E-state index in [1.54, 1.807) is 0 Å². The van der Waals surface area contributed by atoms with Gasteiger partial charge in [-0.15, -0.1) is 0 Å². The van der Waals surface area contributed by atoms with E-state index in [1.807, 2.05) is 12.1 Å². The van der Waals surface area contributed by atoms with Crippen molar-refractivity contribution in [1.29, 1.82) is 0 Å². The molecule has 3 nitrogen and oxygen atoms in total. The number of carbonyl (C=O) groups excluding carboxylic acids is 1. The van der Waals surface area contributed by atoms with Crippen LogP contribution in [0.1, 0.15) is 37.8 Å². The van der Waals surface area contributed by atoms with Crippen LogP contribution in [0.3, 0.4) is 0 Å². The number of hydrogen-bond donors (Lipinski definition) is 2. The molecule has 1 saturated carbocycles. The topological polar surface area (TPSA) is 55.1 Å². The Kier molecular flexibility index (Phi) is 3.95. The molecule has 0 aromatic heterocycles. The van der Waals surface area contributed by atoms with Crippen molar-refractivity contribution in [2.45, 2.75) is 52.1 Å². The van der Waals surface area contributed by atoms with Crippen molar-refractivity contribution in [2.75, 3.05) is 0 Å². The molecule has 0 spiro atoms. The summed E-state index contributed by atoms with van der Waals surface area (Å²) in [5.41, 5.74) is 8.49. The Balaban J connectivity index is 1.82. The molecule has 1 aromatic rings. The third kappa shape index (κ3) is 2.98. The van der Waals surface area contributed by atoms with Gasteiger partial charge in [-0.3, -0.25) is 4.79 Å². The quantitative estimate of drug-likeness (QED) is 0.871. The Hall–Kier alpha value is -1.35. The van der Waals surface area contributed by atoms with Crippen LogP contribution in [0.5, 0.6) is 0 Å². The second-order valence-electron chi connectivity index (χ2n) is 6.21. The molecular weight excluding hydrogens is 236 g/mol. The molecule has 104 valence electrons. The van der Waals surface area contributed by atoms with Gasteiger partial charge in [0.25, 0.3) is 0 Å². The molecule has 3 heteroatoms. The largest absolute Gasteiger partial charge is 0.353 e. The number of amides is 1. The third-order valence-corrected chi connectivity index (χ3v) is 4.56. The Morgan fingerprint density at radius 3 is 2.68 bits per heavy atom. The summed E-state index contributed by atoms with van der Waals surface area (Å²) in [5.74, 6) is 0.133. The molecule has 1 aliphatic carbocycles. The van der Waals surface area contributed by atoms with Crippen molar-refractivity contribution >= 4 is 5.91 Å². The number of benzene rings is 1. The maximum Gasteiger partial charge on any atom is 0.220 e. The van der Waals surface area contributed by atoms with Crippen molar-refractivity contribution in [3.63, 3.8) is 0 Å². The highest BCUT2D eigenvalue weighted by molar-refractivity contribution is 5.76. The van der Waals surface area contributed by atoms with Crippen LogP contribution in [-0.4, -0.2) is 18.0 Å². The third-order valence-electron chi connectivity index (χ3n) is 4.56. The summed E-state index contributed by atoms with van der Waals surface area (Å²) in [7, 11) is 0. The van der Waals surface area contributed by atoms with Gasteiger partial charge in [0.2, 0.25) is 5.91 Å². The van der Waals surface area contributed by atoms with Crippen molar-refractivity contribution < 1.29 is 4.79 Å². The number of aryl methyl sites for hydroxylation is 2. The van der Waals surface area contributed by atoms with Gasteiger partial charge in [-0.1, -0.05) is 38.1 Å². The van der Waals surface area contributed by atoms with E-state index >= 15 is 0 Å². The van der Waals surface area contributed by atoms with E-state index in [1.165, 1.54) is 11.1 Å². The molecule has 0 saturated heterocycles. The molecule has 0 bridgehead atoms. The Bertz CT molecular complexity index is 468. The second-order valence-corrected chi connectivity index (χ2v) is 6.21. The van der Waals surface area contributed by atoms with Crippen molar-refractivity contribution in [3.05, 3.63) is 35.4 Å². The molecule has 2 atom stereocenters. The average Bonchev–Trinajstić information content (AvgIpc) is 2.37. The maximum absolute atomic E-state index is 12.0. The molecule has 0 radical (unpaired) electrons. The molecule has 2 unspecified atom stereocenters. The molecule has 19 heavy (non-hydrogen) atoms. The number of rotatable bonds is 4. The first-order valence-electron chi connectivity index (χ1n) is 7.00. The summed E-state index contributed by atoms with van der Waals surface area (Å²) in [6.07, 6.45) is 2.24. The zero-order valence-corrected chi connectivity index (χ0v) is 12.1. The SMILES string of the molecule is Cc1ccccc1CCC(=O)NC1CC(N)C1(C)C. The van der Waals surface area contributed by atoms with Crippen molar-refractivity contribution in [3.8, 4) is 0 Å². The van der Waals surface area contributed by atoms with Gasteiger partial charge >= 0.3 is 0 Å². The summed E-state index contributed by atoms with van der Waals surface area (Å²) in [5, 5.41) is 3.11. The zero-order valence-electron chi connectivity index (χ0n) is 12.1. The van der Waals surface area contributed by atoms with Crippen LogP contribution < -0.4 is 11.1 Å². The highest BCUT2D eigenvalue weighted by Crippen LogP contribution is 2.38. The van der Waals surface area contributed by atoms with Gasteiger partial charge in [-0.25, -0.2) is 0 Å². The Labute approximate surface area is 115 Å². The minimum absolute atomic E-state index is 0.0261. The molecule has 1 aromatic carbocycles. The van der Waals surface area contributed by atoms with E-state index in [0.29, 0.717) is 6.42 Å². The van der Waals surface area contributed by atoms with Gasteiger partial charge in [0, 0.05) is 23.9 Å². The first-order chi connectivity index (χ1) is 8.91. The molecule has 3 N–H and O–H groups in total. The molecule has 1 amide bonds. The standard InChI is InChI=1S/C16H24N2O/c1-11-6-4-5-7-12(11)8-9-15(19)18-14-10-13(17)16(14,2)3/h4-7,13-14H,8-10,17H2,1-3H3,(H,18,19). The van der Waals surface area contributed by atoms with Gasteiger partial charge in [0.15, 0.2) is 0 Å². The van der Waals surface area contributed by atoms with Crippen LogP contribution >= 0.6 is 0 Å². The van der Waals surface area contributed by atoms with E-state index in [2.05, 4.69) is 38.2 Å². The lowest BCUT2D eigenvalue weighted by atomic mass is 9.63. The maximum atomic E-state index is 12.0. The van der Waals surface area contributed by atoms with Crippen LogP contribution in [-0.2, 0) is 11.2 Å². The van der Waals surface area contributed by atoms with E-state index in [0.717, 1.165) is 12.8 Å². The van der Waals surface area contributed by atoms with Crippen LogP contribution in [0, 0.1) is 12.3 Å². The smallest absolute Gasteiger partial charge is 0.220 e.